The van der Waals surface area contributed by atoms with E-state index in [4.69, 9.17) is 9.47 Å². The zero-order valence-electron chi connectivity index (χ0n) is 21.2. The molecular formula is C28H30Br2N2O4. The number of para-hydroxylation sites is 2. The second-order valence-electron chi connectivity index (χ2n) is 8.78. The number of carbonyl (C=O) groups excluding carboxylic acids is 2. The third-order valence-corrected chi connectivity index (χ3v) is 6.54. The maximum atomic E-state index is 12.9. The summed E-state index contributed by atoms with van der Waals surface area (Å²) in [6.07, 6.45) is -1.50. The highest BCUT2D eigenvalue weighted by atomic mass is 79.9. The lowest BCUT2D eigenvalue weighted by molar-refractivity contribution is -0.122. The zero-order chi connectivity index (χ0) is 26.6. The van der Waals surface area contributed by atoms with Crippen LogP contribution in [0.2, 0.25) is 0 Å². The lowest BCUT2D eigenvalue weighted by atomic mass is 10.1. The van der Waals surface area contributed by atoms with E-state index >= 15 is 0 Å². The van der Waals surface area contributed by atoms with Gasteiger partial charge in [0.1, 0.15) is 11.5 Å². The predicted octanol–water partition coefficient (Wildman–Crippen LogP) is 7.26. The molecule has 36 heavy (non-hydrogen) atoms. The van der Waals surface area contributed by atoms with Crippen molar-refractivity contribution >= 4 is 55.0 Å². The molecule has 0 bridgehead atoms. The van der Waals surface area contributed by atoms with Crippen LogP contribution in [0.1, 0.15) is 36.1 Å². The van der Waals surface area contributed by atoms with Crippen LogP contribution in [0, 0.1) is 27.7 Å². The third kappa shape index (κ3) is 6.89. The van der Waals surface area contributed by atoms with Gasteiger partial charge in [-0.15, -0.1) is 0 Å². The minimum absolute atomic E-state index is 0.330. The van der Waals surface area contributed by atoms with E-state index in [9.17, 15) is 9.59 Å². The lowest BCUT2D eigenvalue weighted by Crippen LogP contribution is -2.32. The number of halogens is 2. The summed E-state index contributed by atoms with van der Waals surface area (Å²) in [5.74, 6) is 0.687. The van der Waals surface area contributed by atoms with Crippen molar-refractivity contribution < 1.29 is 19.1 Å². The number of aryl methyl sites for hydroxylation is 4. The number of nitrogens with one attached hydrogen (secondary N) is 2. The topological polar surface area (TPSA) is 76.7 Å². The number of rotatable bonds is 8. The molecule has 0 aromatic heterocycles. The van der Waals surface area contributed by atoms with Gasteiger partial charge in [0.05, 0.1) is 11.4 Å². The van der Waals surface area contributed by atoms with E-state index in [1.165, 1.54) is 0 Å². The second kappa shape index (κ2) is 11.9. The maximum absolute atomic E-state index is 12.9. The summed E-state index contributed by atoms with van der Waals surface area (Å²) < 4.78 is 13.9. The van der Waals surface area contributed by atoms with Gasteiger partial charge in [-0.05, 0) is 100 Å². The van der Waals surface area contributed by atoms with Crippen LogP contribution in [0.5, 0.6) is 11.5 Å². The molecule has 3 aromatic carbocycles. The molecule has 0 heterocycles. The highest BCUT2D eigenvalue weighted by Crippen LogP contribution is 2.30. The predicted molar refractivity (Wildman–Crippen MR) is 151 cm³/mol. The molecule has 0 spiro atoms. The Morgan fingerprint density at radius 2 is 0.972 bits per heavy atom. The van der Waals surface area contributed by atoms with Gasteiger partial charge in [-0.2, -0.15) is 0 Å². The molecule has 3 aromatic rings. The molecule has 6 nitrogen and oxygen atoms in total. The summed E-state index contributed by atoms with van der Waals surface area (Å²) in [6, 6.07) is 14.8. The summed E-state index contributed by atoms with van der Waals surface area (Å²) in [4.78, 5) is 25.9. The molecular weight excluding hydrogens is 588 g/mol. The largest absolute Gasteiger partial charge is 0.480 e. The van der Waals surface area contributed by atoms with Gasteiger partial charge in [-0.3, -0.25) is 9.59 Å². The van der Waals surface area contributed by atoms with Crippen LogP contribution in [0.3, 0.4) is 0 Å². The van der Waals surface area contributed by atoms with E-state index < -0.39 is 12.2 Å². The Balaban J connectivity index is 1.69. The number of carbonyl (C=O) groups is 2. The summed E-state index contributed by atoms with van der Waals surface area (Å²) in [6.45, 7) is 11.1. The summed E-state index contributed by atoms with van der Waals surface area (Å²) in [5, 5.41) is 5.73. The first kappa shape index (κ1) is 27.7. The van der Waals surface area contributed by atoms with Crippen LogP contribution in [0.4, 0.5) is 11.4 Å². The van der Waals surface area contributed by atoms with Gasteiger partial charge in [-0.25, -0.2) is 0 Å². The number of hydrogen-bond donors (Lipinski definition) is 2. The fourth-order valence-corrected chi connectivity index (χ4v) is 5.17. The smallest absolute Gasteiger partial charge is 0.265 e. The van der Waals surface area contributed by atoms with Crippen molar-refractivity contribution in [1.82, 2.24) is 0 Å². The molecule has 2 unspecified atom stereocenters. The highest BCUT2D eigenvalue weighted by molar-refractivity contribution is 9.10. The zero-order valence-corrected chi connectivity index (χ0v) is 24.3. The van der Waals surface area contributed by atoms with Gasteiger partial charge in [-0.1, -0.05) is 44.0 Å². The fraction of sp³-hybridized carbons (Fsp3) is 0.286. The van der Waals surface area contributed by atoms with Crippen molar-refractivity contribution in [1.29, 1.82) is 0 Å². The Labute approximate surface area is 229 Å². The van der Waals surface area contributed by atoms with E-state index in [0.29, 0.717) is 22.9 Å². The highest BCUT2D eigenvalue weighted by Gasteiger charge is 2.21. The van der Waals surface area contributed by atoms with Crippen molar-refractivity contribution in [3.8, 4) is 11.5 Å². The van der Waals surface area contributed by atoms with Gasteiger partial charge >= 0.3 is 0 Å². The normalized spacial score (nSPS) is 12.4. The Morgan fingerprint density at radius 1 is 0.667 bits per heavy atom. The number of amides is 2. The maximum Gasteiger partial charge on any atom is 0.265 e. The Morgan fingerprint density at radius 3 is 1.28 bits per heavy atom. The van der Waals surface area contributed by atoms with Crippen molar-refractivity contribution in [3.05, 3.63) is 79.7 Å². The first-order valence-corrected chi connectivity index (χ1v) is 13.1. The van der Waals surface area contributed by atoms with Crippen molar-refractivity contribution in [3.63, 3.8) is 0 Å². The second-order valence-corrected chi connectivity index (χ2v) is 10.6. The van der Waals surface area contributed by atoms with Crippen LogP contribution in [-0.4, -0.2) is 24.0 Å². The molecule has 0 saturated heterocycles. The third-order valence-electron chi connectivity index (χ3n) is 5.62. The molecule has 0 aliphatic rings. The molecule has 2 atom stereocenters. The monoisotopic (exact) mass is 616 g/mol. The van der Waals surface area contributed by atoms with Gasteiger partial charge in [0.2, 0.25) is 0 Å². The molecule has 0 aliphatic heterocycles. The molecule has 2 amide bonds. The molecule has 2 N–H and O–H groups in total. The first-order valence-electron chi connectivity index (χ1n) is 11.5. The standard InChI is InChI=1S/C28H30Br2N2O4/c1-15-11-21(29)12-16(2)25(15)35-19(5)27(33)31-23-9-7-8-10-24(23)32-28(34)20(6)36-26-17(3)13-22(30)14-18(26)4/h7-14,19-20H,1-6H3,(H,31,33)(H,32,34). The SMILES string of the molecule is Cc1cc(Br)cc(C)c1OC(C)C(=O)Nc1ccccc1NC(=O)C(C)Oc1c(C)cc(Br)cc1C. The number of benzene rings is 3. The molecule has 0 aliphatic carbocycles. The van der Waals surface area contributed by atoms with E-state index in [1.807, 2.05) is 52.0 Å². The summed E-state index contributed by atoms with van der Waals surface area (Å²) in [5.41, 5.74) is 4.66. The van der Waals surface area contributed by atoms with Crippen LogP contribution in [0.15, 0.2) is 57.5 Å². The Kier molecular flexibility index (Phi) is 9.19. The average Bonchev–Trinajstić information content (AvgIpc) is 2.79. The van der Waals surface area contributed by atoms with Crippen molar-refractivity contribution in [2.45, 2.75) is 53.8 Å². The lowest BCUT2D eigenvalue weighted by Gasteiger charge is -2.21. The minimum Gasteiger partial charge on any atom is -0.480 e. The van der Waals surface area contributed by atoms with Crippen molar-refractivity contribution in [2.75, 3.05) is 10.6 Å². The van der Waals surface area contributed by atoms with Crippen LogP contribution in [0.25, 0.3) is 0 Å². The molecule has 0 radical (unpaired) electrons. The average molecular weight is 618 g/mol. The molecule has 8 heteroatoms. The Hall–Kier alpha value is -2.84. The van der Waals surface area contributed by atoms with Crippen LogP contribution >= 0.6 is 31.9 Å². The molecule has 190 valence electrons. The van der Waals surface area contributed by atoms with Crippen LogP contribution in [-0.2, 0) is 9.59 Å². The summed E-state index contributed by atoms with van der Waals surface area (Å²) >= 11 is 6.94. The van der Waals surface area contributed by atoms with Gasteiger partial charge < -0.3 is 20.1 Å². The van der Waals surface area contributed by atoms with Gasteiger partial charge in [0, 0.05) is 8.95 Å². The quantitative estimate of drug-likeness (QED) is 0.279. The summed E-state index contributed by atoms with van der Waals surface area (Å²) in [7, 11) is 0. The van der Waals surface area contributed by atoms with Crippen molar-refractivity contribution in [2.24, 2.45) is 0 Å². The van der Waals surface area contributed by atoms with E-state index in [0.717, 1.165) is 31.2 Å². The van der Waals surface area contributed by atoms with Gasteiger partial charge in [0.15, 0.2) is 12.2 Å². The Bertz CT molecular complexity index is 1150. The fourth-order valence-electron chi connectivity index (χ4n) is 3.80. The molecule has 0 fully saturated rings. The number of hydrogen-bond acceptors (Lipinski definition) is 4. The molecule has 0 saturated carbocycles. The van der Waals surface area contributed by atoms with E-state index in [2.05, 4.69) is 42.5 Å². The first-order chi connectivity index (χ1) is 17.0. The van der Waals surface area contributed by atoms with E-state index in [1.54, 1.807) is 38.1 Å². The minimum atomic E-state index is -0.752. The molecule has 3 rings (SSSR count). The van der Waals surface area contributed by atoms with Gasteiger partial charge in [0.25, 0.3) is 11.8 Å². The number of anilines is 2. The number of ether oxygens (including phenoxy) is 2. The van der Waals surface area contributed by atoms with Crippen LogP contribution < -0.4 is 20.1 Å². The van der Waals surface area contributed by atoms with E-state index in [-0.39, 0.29) is 11.8 Å².